The lowest BCUT2D eigenvalue weighted by Crippen LogP contribution is -2.47. The van der Waals surface area contributed by atoms with Crippen molar-refractivity contribution in [1.29, 1.82) is 0 Å². The Morgan fingerprint density at radius 2 is 1.63 bits per heavy atom. The molecule has 2 heterocycles. The molecule has 41 heavy (non-hydrogen) atoms. The van der Waals surface area contributed by atoms with Crippen LogP contribution >= 0.6 is 11.6 Å². The number of hydrogen-bond donors (Lipinski definition) is 3. The molecule has 1 aromatic heterocycles. The number of para-hydroxylation sites is 1. The topological polar surface area (TPSA) is 72.9 Å². The summed E-state index contributed by atoms with van der Waals surface area (Å²) in [4.78, 5) is 9.73. The molecular formula is C33H34ClN5O2. The number of anilines is 3. The summed E-state index contributed by atoms with van der Waals surface area (Å²) in [6.45, 7) is 6.57. The minimum atomic E-state index is 0.308. The van der Waals surface area contributed by atoms with Crippen molar-refractivity contribution in [2.45, 2.75) is 6.54 Å². The zero-order valence-electron chi connectivity index (χ0n) is 23.1. The summed E-state index contributed by atoms with van der Waals surface area (Å²) >= 11 is 6.30. The number of hydrogen-bond acceptors (Lipinski definition) is 7. The van der Waals surface area contributed by atoms with E-state index >= 15 is 0 Å². The summed E-state index contributed by atoms with van der Waals surface area (Å²) in [5.74, 6) is 1.07. The maximum Gasteiger partial charge on any atom is 0.120 e. The van der Waals surface area contributed by atoms with Gasteiger partial charge in [-0.25, -0.2) is 4.98 Å². The first-order chi connectivity index (χ1) is 20.1. The fourth-order valence-electron chi connectivity index (χ4n) is 5.42. The second kappa shape index (κ2) is 12.2. The number of nitrogens with zero attached hydrogens (tertiary/aromatic N) is 3. The highest BCUT2D eigenvalue weighted by atomic mass is 35.5. The van der Waals surface area contributed by atoms with Crippen LogP contribution in [-0.4, -0.2) is 66.3 Å². The van der Waals surface area contributed by atoms with E-state index in [2.05, 4.69) is 44.7 Å². The van der Waals surface area contributed by atoms with Gasteiger partial charge in [0.1, 0.15) is 11.5 Å². The number of ether oxygens (including phenoxy) is 1. The number of nitrogens with one attached hydrogen (secondary N) is 2. The average Bonchev–Trinajstić information content (AvgIpc) is 2.99. The Bertz CT molecular complexity index is 1660. The lowest BCUT2D eigenvalue weighted by Gasteiger charge is -2.35. The number of halogens is 1. The summed E-state index contributed by atoms with van der Waals surface area (Å²) in [5.41, 5.74) is 5.54. The number of pyridine rings is 1. The van der Waals surface area contributed by atoms with Gasteiger partial charge in [0, 0.05) is 78.5 Å². The average molecular weight is 568 g/mol. The first-order valence-corrected chi connectivity index (χ1v) is 14.3. The van der Waals surface area contributed by atoms with Crippen molar-refractivity contribution in [1.82, 2.24) is 14.8 Å². The van der Waals surface area contributed by atoms with Crippen LogP contribution in [0.3, 0.4) is 0 Å². The van der Waals surface area contributed by atoms with Gasteiger partial charge in [0.15, 0.2) is 0 Å². The predicted octanol–water partition coefficient (Wildman–Crippen LogP) is 6.73. The van der Waals surface area contributed by atoms with Crippen molar-refractivity contribution in [3.05, 3.63) is 95.5 Å². The van der Waals surface area contributed by atoms with Gasteiger partial charge in [-0.05, 0) is 66.7 Å². The van der Waals surface area contributed by atoms with Crippen molar-refractivity contribution in [3.8, 4) is 11.5 Å². The molecule has 0 bridgehead atoms. The molecular weight excluding hydrogens is 534 g/mol. The monoisotopic (exact) mass is 567 g/mol. The van der Waals surface area contributed by atoms with Gasteiger partial charge in [-0.15, -0.1) is 0 Å². The highest BCUT2D eigenvalue weighted by Crippen LogP contribution is 2.37. The zero-order chi connectivity index (χ0) is 28.2. The fourth-order valence-corrected chi connectivity index (χ4v) is 5.58. The van der Waals surface area contributed by atoms with Gasteiger partial charge in [-0.2, -0.15) is 0 Å². The number of aromatic hydroxyl groups is 1. The number of aromatic nitrogens is 1. The molecule has 0 unspecified atom stereocenters. The Kier molecular flexibility index (Phi) is 8.09. The van der Waals surface area contributed by atoms with Crippen LogP contribution in [0.2, 0.25) is 5.02 Å². The van der Waals surface area contributed by atoms with Crippen LogP contribution < -0.4 is 15.4 Å². The number of benzene rings is 4. The molecule has 0 radical (unpaired) electrons. The summed E-state index contributed by atoms with van der Waals surface area (Å²) in [7, 11) is 1.66. The number of methoxy groups -OCH3 is 1. The van der Waals surface area contributed by atoms with Crippen LogP contribution in [0, 0.1) is 0 Å². The molecule has 0 amide bonds. The van der Waals surface area contributed by atoms with E-state index in [4.69, 9.17) is 21.3 Å². The second-order valence-corrected chi connectivity index (χ2v) is 10.8. The van der Waals surface area contributed by atoms with Crippen LogP contribution in [0.4, 0.5) is 17.1 Å². The third-order valence-electron chi connectivity index (χ3n) is 7.68. The fraction of sp³-hybridized carbons (Fsp3) is 0.242. The molecule has 0 spiro atoms. The van der Waals surface area contributed by atoms with E-state index in [9.17, 15) is 5.11 Å². The molecule has 1 aliphatic heterocycles. The van der Waals surface area contributed by atoms with Crippen LogP contribution in [0.5, 0.6) is 11.5 Å². The van der Waals surface area contributed by atoms with Gasteiger partial charge >= 0.3 is 0 Å². The SMILES string of the molecule is COc1ccc2nc3cc(Cl)ccc3c(Nc3ccc(O)c(CN4CCN(CCNc5ccccc5)CC4)c3)c2c1. The van der Waals surface area contributed by atoms with E-state index in [-0.39, 0.29) is 0 Å². The summed E-state index contributed by atoms with van der Waals surface area (Å²) < 4.78 is 5.51. The Morgan fingerprint density at radius 3 is 2.44 bits per heavy atom. The summed E-state index contributed by atoms with van der Waals surface area (Å²) in [5, 5.41) is 20.4. The zero-order valence-corrected chi connectivity index (χ0v) is 23.9. The van der Waals surface area contributed by atoms with Gasteiger partial charge in [0.25, 0.3) is 0 Å². The van der Waals surface area contributed by atoms with E-state index < -0.39 is 0 Å². The molecule has 1 saturated heterocycles. The molecule has 210 valence electrons. The molecule has 6 rings (SSSR count). The number of piperazine rings is 1. The van der Waals surface area contributed by atoms with Crippen LogP contribution in [0.25, 0.3) is 21.8 Å². The Labute approximate surface area is 245 Å². The van der Waals surface area contributed by atoms with Crippen molar-refractivity contribution >= 4 is 50.5 Å². The van der Waals surface area contributed by atoms with E-state index in [1.54, 1.807) is 13.2 Å². The first-order valence-electron chi connectivity index (χ1n) is 14.0. The molecule has 0 aliphatic carbocycles. The van der Waals surface area contributed by atoms with Crippen molar-refractivity contribution in [3.63, 3.8) is 0 Å². The van der Waals surface area contributed by atoms with Crippen LogP contribution in [0.15, 0.2) is 84.9 Å². The molecule has 4 aromatic carbocycles. The van der Waals surface area contributed by atoms with Gasteiger partial charge < -0.3 is 20.5 Å². The minimum absolute atomic E-state index is 0.308. The number of phenolic OH excluding ortho intramolecular Hbond substituents is 1. The Balaban J connectivity index is 1.16. The van der Waals surface area contributed by atoms with Gasteiger partial charge in [0.05, 0.1) is 23.8 Å². The number of rotatable bonds is 9. The Hall–Kier alpha value is -4.04. The lowest BCUT2D eigenvalue weighted by molar-refractivity contribution is 0.130. The summed E-state index contributed by atoms with van der Waals surface area (Å²) in [6.07, 6.45) is 0. The molecule has 7 nitrogen and oxygen atoms in total. The van der Waals surface area contributed by atoms with Gasteiger partial charge in [-0.3, -0.25) is 9.80 Å². The molecule has 1 fully saturated rings. The first kappa shape index (κ1) is 27.1. The van der Waals surface area contributed by atoms with Gasteiger partial charge in [-0.1, -0.05) is 29.8 Å². The van der Waals surface area contributed by atoms with Gasteiger partial charge in [0.2, 0.25) is 0 Å². The largest absolute Gasteiger partial charge is 0.508 e. The standard InChI is InChI=1S/C33H34ClN5O2/c1-41-27-9-11-30-29(21-27)33(28-10-7-24(34)20-31(28)37-30)36-26-8-12-32(40)23(19-26)22-39-17-15-38(16-18-39)14-13-35-25-5-3-2-4-6-25/h2-12,19-21,35,40H,13-18,22H2,1H3,(H,36,37). The number of fused-ring (bicyclic) bond motifs is 2. The molecule has 5 aromatic rings. The van der Waals surface area contributed by atoms with E-state index in [1.165, 1.54) is 0 Å². The molecule has 1 aliphatic rings. The highest BCUT2D eigenvalue weighted by Gasteiger charge is 2.18. The maximum absolute atomic E-state index is 10.7. The molecule has 3 N–H and O–H groups in total. The quantitative estimate of drug-likeness (QED) is 0.135. The Morgan fingerprint density at radius 1 is 0.829 bits per heavy atom. The van der Waals surface area contributed by atoms with Crippen molar-refractivity contribution in [2.75, 3.05) is 57.0 Å². The maximum atomic E-state index is 10.7. The summed E-state index contributed by atoms with van der Waals surface area (Å²) in [6, 6.07) is 27.7. The van der Waals surface area contributed by atoms with Crippen molar-refractivity contribution < 1.29 is 9.84 Å². The third kappa shape index (κ3) is 6.33. The van der Waals surface area contributed by atoms with Crippen LogP contribution in [-0.2, 0) is 6.54 Å². The van der Waals surface area contributed by atoms with Crippen molar-refractivity contribution in [2.24, 2.45) is 0 Å². The minimum Gasteiger partial charge on any atom is -0.508 e. The molecule has 8 heteroatoms. The van der Waals surface area contributed by atoms with Crippen LogP contribution in [0.1, 0.15) is 5.56 Å². The van der Waals surface area contributed by atoms with E-state index in [0.29, 0.717) is 17.3 Å². The highest BCUT2D eigenvalue weighted by molar-refractivity contribution is 6.31. The molecule has 0 saturated carbocycles. The smallest absolute Gasteiger partial charge is 0.120 e. The lowest BCUT2D eigenvalue weighted by atomic mass is 10.1. The van der Waals surface area contributed by atoms with E-state index in [1.807, 2.05) is 54.6 Å². The number of phenols is 1. The second-order valence-electron chi connectivity index (χ2n) is 10.4. The third-order valence-corrected chi connectivity index (χ3v) is 7.92. The van der Waals surface area contributed by atoms with E-state index in [0.717, 1.165) is 89.4 Å². The predicted molar refractivity (Wildman–Crippen MR) is 169 cm³/mol. The molecule has 0 atom stereocenters. The normalized spacial score (nSPS) is 14.4.